The van der Waals surface area contributed by atoms with Gasteiger partial charge in [0.15, 0.2) is 5.82 Å². The highest BCUT2D eigenvalue weighted by Crippen LogP contribution is 2.45. The molecule has 1 aromatic carbocycles. The Morgan fingerprint density at radius 1 is 0.895 bits per heavy atom. The lowest BCUT2D eigenvalue weighted by Crippen LogP contribution is -2.52. The third-order valence-electron chi connectivity index (χ3n) is 10.0. The molecule has 0 spiro atoms. The van der Waals surface area contributed by atoms with Crippen LogP contribution in [0.3, 0.4) is 0 Å². The lowest BCUT2D eigenvalue weighted by Gasteiger charge is -2.46. The first kappa shape index (κ1) is 25.8. The average molecular weight is 521 g/mol. The van der Waals surface area contributed by atoms with Crippen molar-refractivity contribution >= 4 is 22.8 Å². The highest BCUT2D eigenvalue weighted by atomic mass is 16.4. The molecule has 4 aliphatic rings. The van der Waals surface area contributed by atoms with Crippen molar-refractivity contribution in [3.05, 3.63) is 34.6 Å². The number of piperidine rings is 1. The summed E-state index contributed by atoms with van der Waals surface area (Å²) in [7, 11) is 0. The zero-order valence-electron chi connectivity index (χ0n) is 23.1. The number of rotatable bonds is 5. The van der Waals surface area contributed by atoms with Gasteiger partial charge in [-0.1, -0.05) is 51.7 Å². The molecule has 7 heteroatoms. The van der Waals surface area contributed by atoms with Gasteiger partial charge in [0.25, 0.3) is 5.56 Å². The zero-order chi connectivity index (χ0) is 26.4. The molecule has 6 rings (SSSR count). The summed E-state index contributed by atoms with van der Waals surface area (Å²) in [5.41, 5.74) is 1.80. The Morgan fingerprint density at radius 3 is 2.16 bits per heavy atom. The molecule has 3 aliphatic heterocycles. The maximum absolute atomic E-state index is 14.0. The molecule has 2 bridgehead atoms. The van der Waals surface area contributed by atoms with Crippen LogP contribution < -0.4 is 10.5 Å². The molecule has 4 fully saturated rings. The van der Waals surface area contributed by atoms with Crippen molar-refractivity contribution in [2.75, 3.05) is 18.0 Å². The van der Waals surface area contributed by atoms with E-state index in [-0.39, 0.29) is 23.9 Å². The smallest absolute Gasteiger partial charge is 0.303 e. The molecule has 206 valence electrons. The first-order chi connectivity index (χ1) is 18.4. The van der Waals surface area contributed by atoms with Gasteiger partial charge in [0.2, 0.25) is 0 Å². The number of para-hydroxylation sites is 2. The lowest BCUT2D eigenvalue weighted by molar-refractivity contribution is -0.138. The Balaban J connectivity index is 1.27. The van der Waals surface area contributed by atoms with E-state index in [1.807, 2.05) is 29.2 Å². The van der Waals surface area contributed by atoms with E-state index in [1.54, 1.807) is 0 Å². The monoisotopic (exact) mass is 520 g/mol. The van der Waals surface area contributed by atoms with Crippen LogP contribution >= 0.6 is 0 Å². The molecule has 0 radical (unpaired) electrons. The normalized spacial score (nSPS) is 32.9. The van der Waals surface area contributed by atoms with Gasteiger partial charge in [-0.15, -0.1) is 0 Å². The van der Waals surface area contributed by atoms with Gasteiger partial charge in [0, 0.05) is 43.2 Å². The van der Waals surface area contributed by atoms with E-state index in [2.05, 4.69) is 23.3 Å². The summed E-state index contributed by atoms with van der Waals surface area (Å²) in [6.07, 6.45) is 12.8. The van der Waals surface area contributed by atoms with Crippen LogP contribution in [0.2, 0.25) is 0 Å². The van der Waals surface area contributed by atoms with Crippen molar-refractivity contribution in [3.8, 4) is 0 Å². The predicted octanol–water partition coefficient (Wildman–Crippen LogP) is 5.47. The van der Waals surface area contributed by atoms with Crippen LogP contribution in [0, 0.1) is 17.8 Å². The maximum atomic E-state index is 14.0. The van der Waals surface area contributed by atoms with Gasteiger partial charge in [0.1, 0.15) is 0 Å². The summed E-state index contributed by atoms with van der Waals surface area (Å²) in [5, 5.41) is 9.16. The summed E-state index contributed by atoms with van der Waals surface area (Å²) < 4.78 is 2.07. The topological polar surface area (TPSA) is 78.7 Å². The molecule has 1 unspecified atom stereocenters. The van der Waals surface area contributed by atoms with Gasteiger partial charge in [-0.05, 0) is 62.5 Å². The van der Waals surface area contributed by atoms with Crippen LogP contribution in [-0.2, 0) is 4.79 Å². The van der Waals surface area contributed by atoms with E-state index in [9.17, 15) is 9.59 Å². The number of benzene rings is 1. The number of carboxylic acids is 1. The number of fused-ring (bicyclic) bond motifs is 3. The Hall–Kier alpha value is -2.41. The van der Waals surface area contributed by atoms with E-state index in [4.69, 9.17) is 10.1 Å². The number of nitrogens with zero attached hydrogens (tertiary/aromatic N) is 4. The van der Waals surface area contributed by atoms with Gasteiger partial charge in [-0.25, -0.2) is 4.98 Å². The second-order valence-electron chi connectivity index (χ2n) is 13.0. The summed E-state index contributed by atoms with van der Waals surface area (Å²) >= 11 is 0. The predicted molar refractivity (Wildman–Crippen MR) is 151 cm³/mol. The standard InChI is InChI=1S/C31H44N4O3/c1-20-7-3-4-8-21(2)14-25(13-20)34-23-11-12-24(34)17-26(16-23)35-28-10-6-5-9-27(28)32-30(31(35)38)33-18-22(19-33)15-29(36)37/h5-6,9-10,20-26H,3-4,7-8,11-19H2,1-2H3,(H,36,37)/t20-,21?,23-,24+,25+,26+/m1/s1. The van der Waals surface area contributed by atoms with Gasteiger partial charge in [-0.3, -0.25) is 14.5 Å². The Bertz CT molecular complexity index is 1190. The average Bonchev–Trinajstić information content (AvgIpc) is 3.16. The van der Waals surface area contributed by atoms with E-state index in [1.165, 1.54) is 51.4 Å². The second-order valence-corrected chi connectivity index (χ2v) is 13.0. The minimum absolute atomic E-state index is 0.0000102. The molecular weight excluding hydrogens is 476 g/mol. The number of carboxylic acid groups (broad SMARTS) is 1. The van der Waals surface area contributed by atoms with Gasteiger partial charge in [-0.2, -0.15) is 0 Å². The van der Waals surface area contributed by atoms with Crippen LogP contribution in [0.4, 0.5) is 5.82 Å². The SMILES string of the molecule is CC1CCCC[C@@H](C)C[C@H](N2[C@@H]3CC[C@H]2C[C@@H](n2c(=O)c(N4CC(CC(=O)O)C4)nc4ccccc42)C3)C1. The molecule has 2 aromatic rings. The van der Waals surface area contributed by atoms with Crippen molar-refractivity contribution < 1.29 is 9.90 Å². The molecule has 4 heterocycles. The quantitative estimate of drug-likeness (QED) is 0.563. The summed E-state index contributed by atoms with van der Waals surface area (Å²) in [5.74, 6) is 1.39. The highest BCUT2D eigenvalue weighted by molar-refractivity contribution is 5.77. The van der Waals surface area contributed by atoms with E-state index < -0.39 is 5.97 Å². The van der Waals surface area contributed by atoms with Gasteiger partial charge >= 0.3 is 5.97 Å². The molecule has 6 atom stereocenters. The van der Waals surface area contributed by atoms with E-state index in [0.29, 0.717) is 37.0 Å². The van der Waals surface area contributed by atoms with Crippen LogP contribution in [0.15, 0.2) is 29.1 Å². The number of hydrogen-bond donors (Lipinski definition) is 1. The summed E-state index contributed by atoms with van der Waals surface area (Å²) in [4.78, 5) is 34.8. The minimum Gasteiger partial charge on any atom is -0.481 e. The number of hydrogen-bond acceptors (Lipinski definition) is 5. The summed E-state index contributed by atoms with van der Waals surface area (Å²) in [6.45, 7) is 6.10. The molecule has 1 N–H and O–H groups in total. The molecule has 0 amide bonds. The fourth-order valence-electron chi connectivity index (χ4n) is 8.31. The second kappa shape index (κ2) is 10.6. The zero-order valence-corrected chi connectivity index (χ0v) is 23.1. The van der Waals surface area contributed by atoms with Crippen molar-refractivity contribution in [1.29, 1.82) is 0 Å². The largest absolute Gasteiger partial charge is 0.481 e. The number of aromatic nitrogens is 2. The highest BCUT2D eigenvalue weighted by Gasteiger charge is 2.45. The maximum Gasteiger partial charge on any atom is 0.303 e. The van der Waals surface area contributed by atoms with Crippen LogP contribution in [0.5, 0.6) is 0 Å². The summed E-state index contributed by atoms with van der Waals surface area (Å²) in [6, 6.07) is 10.0. The van der Waals surface area contributed by atoms with Crippen molar-refractivity contribution in [1.82, 2.24) is 14.5 Å². The Labute approximate surface area is 226 Å². The third kappa shape index (κ3) is 4.99. The molecular formula is C31H44N4O3. The minimum atomic E-state index is -0.774. The van der Waals surface area contributed by atoms with E-state index >= 15 is 0 Å². The molecule has 1 saturated carbocycles. The third-order valence-corrected chi connectivity index (χ3v) is 10.0. The molecule has 3 saturated heterocycles. The first-order valence-corrected chi connectivity index (χ1v) is 15.1. The Kier molecular flexibility index (Phi) is 7.23. The number of anilines is 1. The van der Waals surface area contributed by atoms with Crippen LogP contribution in [-0.4, -0.2) is 56.7 Å². The van der Waals surface area contributed by atoms with Gasteiger partial charge < -0.3 is 14.6 Å². The van der Waals surface area contributed by atoms with Crippen molar-refractivity contribution in [2.45, 2.75) is 109 Å². The molecule has 1 aliphatic carbocycles. The van der Waals surface area contributed by atoms with Crippen LogP contribution in [0.25, 0.3) is 11.0 Å². The van der Waals surface area contributed by atoms with E-state index in [0.717, 1.165) is 35.7 Å². The number of aliphatic carboxylic acids is 1. The van der Waals surface area contributed by atoms with Crippen molar-refractivity contribution in [2.24, 2.45) is 17.8 Å². The lowest BCUT2D eigenvalue weighted by atomic mass is 9.87. The molecule has 7 nitrogen and oxygen atoms in total. The molecule has 1 aromatic heterocycles. The fourth-order valence-corrected chi connectivity index (χ4v) is 8.31. The van der Waals surface area contributed by atoms with Crippen LogP contribution in [0.1, 0.15) is 90.5 Å². The van der Waals surface area contributed by atoms with Gasteiger partial charge in [0.05, 0.1) is 17.5 Å². The molecule has 38 heavy (non-hydrogen) atoms. The van der Waals surface area contributed by atoms with Crippen molar-refractivity contribution in [3.63, 3.8) is 0 Å². The number of carbonyl (C=O) groups is 1. The Morgan fingerprint density at radius 2 is 1.53 bits per heavy atom. The fraction of sp³-hybridized carbons (Fsp3) is 0.710. The first-order valence-electron chi connectivity index (χ1n) is 15.1.